The predicted molar refractivity (Wildman–Crippen MR) is 137 cm³/mol. The molecule has 2 aliphatic heterocycles. The van der Waals surface area contributed by atoms with Gasteiger partial charge in [-0.1, -0.05) is 18.2 Å². The van der Waals surface area contributed by atoms with Crippen LogP contribution < -0.4 is 4.74 Å². The highest BCUT2D eigenvalue weighted by Gasteiger charge is 2.50. The third-order valence-corrected chi connectivity index (χ3v) is 6.80. The number of hydrogen-bond acceptors (Lipinski definition) is 14. The number of phenolic OH excluding ortho intramolecular Hbond substituents is 3. The van der Waals surface area contributed by atoms with Gasteiger partial charge in [0.1, 0.15) is 71.3 Å². The fourth-order valence-electron chi connectivity index (χ4n) is 4.49. The Balaban J connectivity index is 1.53. The zero-order valence-corrected chi connectivity index (χ0v) is 21.7. The molecule has 0 unspecified atom stereocenters. The molecule has 10 atom stereocenters. The van der Waals surface area contributed by atoms with Crippen molar-refractivity contribution in [2.24, 2.45) is 0 Å². The van der Waals surface area contributed by atoms with Crippen molar-refractivity contribution in [3.05, 3.63) is 53.6 Å². The number of aliphatic hydroxyl groups is 6. The van der Waals surface area contributed by atoms with Crippen LogP contribution in [0, 0.1) is 0 Å². The van der Waals surface area contributed by atoms with Gasteiger partial charge < -0.3 is 64.9 Å². The largest absolute Gasteiger partial charge is 0.508 e. The predicted octanol–water partition coefficient (Wildman–Crippen LogP) is -1.27. The summed E-state index contributed by atoms with van der Waals surface area (Å²) in [6.07, 6.45) is -13.2. The van der Waals surface area contributed by atoms with Gasteiger partial charge in [0.25, 0.3) is 0 Å². The molecule has 2 saturated heterocycles. The first-order valence-corrected chi connectivity index (χ1v) is 12.6. The van der Waals surface area contributed by atoms with Crippen molar-refractivity contribution in [3.63, 3.8) is 0 Å². The van der Waals surface area contributed by atoms with Crippen LogP contribution in [0.15, 0.2) is 42.5 Å². The van der Waals surface area contributed by atoms with E-state index in [1.807, 2.05) is 0 Å². The minimum Gasteiger partial charge on any atom is -0.508 e. The van der Waals surface area contributed by atoms with Crippen LogP contribution in [0.1, 0.15) is 22.8 Å². The Hall–Kier alpha value is -3.31. The molecular formula is C27H32O14. The number of aromatic hydroxyl groups is 3. The number of hydrogen-bond donors (Lipinski definition) is 9. The fraction of sp³-hybridized carbons (Fsp3) is 0.444. The second-order valence-corrected chi connectivity index (χ2v) is 9.73. The van der Waals surface area contributed by atoms with Gasteiger partial charge in [-0.25, -0.2) is 0 Å². The van der Waals surface area contributed by atoms with Gasteiger partial charge in [0.05, 0.1) is 12.7 Å². The molecule has 14 nitrogen and oxygen atoms in total. The molecule has 0 amide bonds. The number of rotatable bonds is 8. The number of ketones is 1. The first-order chi connectivity index (χ1) is 19.4. The first-order valence-electron chi connectivity index (χ1n) is 12.6. The summed E-state index contributed by atoms with van der Waals surface area (Å²) in [5.74, 6) is -2.33. The van der Waals surface area contributed by atoms with E-state index in [4.69, 9.17) is 18.9 Å². The van der Waals surface area contributed by atoms with E-state index in [1.165, 1.54) is 37.3 Å². The molecule has 0 bridgehead atoms. The van der Waals surface area contributed by atoms with Crippen LogP contribution in [0.5, 0.6) is 23.0 Å². The lowest BCUT2D eigenvalue weighted by molar-refractivity contribution is -0.349. The van der Waals surface area contributed by atoms with E-state index < -0.39 is 96.6 Å². The van der Waals surface area contributed by atoms with Crippen LogP contribution in [0.2, 0.25) is 0 Å². The molecule has 41 heavy (non-hydrogen) atoms. The highest BCUT2D eigenvalue weighted by atomic mass is 16.7. The second-order valence-electron chi connectivity index (χ2n) is 9.73. The first kappa shape index (κ1) is 30.6. The Morgan fingerprint density at radius 3 is 2.17 bits per heavy atom. The standard InChI is InChI=1S/C27H32O14/c1-11-20(33)21(34)23(36)26(38-11)41-25-18(10-28)40-27(24(37)22(25)35)39-17-9-14(30)8-16(32)19(17)15(31)7-4-12-2-5-13(29)6-3-12/h2-9,11,18,20-30,32-37H,10H2,1H3/b7-4+/t11-,18+,20-,21+,22+,23+,24+,25+,26-,27+/m0/s1. The van der Waals surface area contributed by atoms with Crippen LogP contribution in [-0.2, 0) is 14.2 Å². The van der Waals surface area contributed by atoms with Gasteiger partial charge in [-0.2, -0.15) is 0 Å². The summed E-state index contributed by atoms with van der Waals surface area (Å²) >= 11 is 0. The van der Waals surface area contributed by atoms with E-state index in [-0.39, 0.29) is 5.75 Å². The lowest BCUT2D eigenvalue weighted by Gasteiger charge is -2.45. The molecule has 9 N–H and O–H groups in total. The van der Waals surface area contributed by atoms with E-state index in [1.54, 1.807) is 0 Å². The van der Waals surface area contributed by atoms with E-state index >= 15 is 0 Å². The molecule has 0 aliphatic carbocycles. The lowest BCUT2D eigenvalue weighted by Crippen LogP contribution is -2.64. The van der Waals surface area contributed by atoms with Crippen LogP contribution >= 0.6 is 0 Å². The molecular weight excluding hydrogens is 548 g/mol. The molecule has 0 aromatic heterocycles. The zero-order valence-electron chi connectivity index (χ0n) is 21.7. The third-order valence-electron chi connectivity index (χ3n) is 6.80. The molecule has 2 fully saturated rings. The molecule has 224 valence electrons. The molecule has 2 heterocycles. The van der Waals surface area contributed by atoms with Crippen molar-refractivity contribution in [2.75, 3.05) is 6.61 Å². The number of allylic oxidation sites excluding steroid dienone is 1. The average molecular weight is 581 g/mol. The van der Waals surface area contributed by atoms with Gasteiger partial charge in [0.2, 0.25) is 6.29 Å². The lowest BCUT2D eigenvalue weighted by atomic mass is 9.97. The zero-order chi connectivity index (χ0) is 30.0. The molecule has 0 spiro atoms. The van der Waals surface area contributed by atoms with E-state index in [9.17, 15) is 50.8 Å². The molecule has 2 aromatic rings. The molecule has 2 aromatic carbocycles. The van der Waals surface area contributed by atoms with Crippen LogP contribution in [-0.4, -0.2) is 120 Å². The van der Waals surface area contributed by atoms with Crippen molar-refractivity contribution in [3.8, 4) is 23.0 Å². The van der Waals surface area contributed by atoms with Gasteiger partial charge in [0, 0.05) is 12.1 Å². The van der Waals surface area contributed by atoms with Gasteiger partial charge in [-0.05, 0) is 30.7 Å². The SMILES string of the molecule is C[C@@H]1O[C@@H](O[C@H]2[C@H](O)[C@@H](O)[C@H](Oc3cc(O)cc(O)c3C(=O)/C=C/c3ccc(O)cc3)O[C@@H]2CO)[C@H](O)[C@H](O)[C@H]1O. The highest BCUT2D eigenvalue weighted by Crippen LogP contribution is 2.36. The third kappa shape index (κ3) is 6.62. The number of phenols is 3. The van der Waals surface area contributed by atoms with Crippen LogP contribution in [0.25, 0.3) is 6.08 Å². The Bertz CT molecular complexity index is 1230. The van der Waals surface area contributed by atoms with Gasteiger partial charge in [-0.15, -0.1) is 0 Å². The minimum absolute atomic E-state index is 0.0239. The molecule has 14 heteroatoms. The number of ether oxygens (including phenoxy) is 4. The second kappa shape index (κ2) is 12.7. The molecule has 0 radical (unpaired) electrons. The molecule has 0 saturated carbocycles. The quantitative estimate of drug-likeness (QED) is 0.131. The summed E-state index contributed by atoms with van der Waals surface area (Å²) in [6.45, 7) is 0.625. The highest BCUT2D eigenvalue weighted by molar-refractivity contribution is 6.10. The van der Waals surface area contributed by atoms with Crippen molar-refractivity contribution in [1.82, 2.24) is 0 Å². The van der Waals surface area contributed by atoms with Gasteiger partial charge in [0.15, 0.2) is 12.1 Å². The number of aliphatic hydroxyl groups excluding tert-OH is 6. The normalized spacial score (nSPS) is 34.0. The number of carbonyl (C=O) groups excluding carboxylic acids is 1. The van der Waals surface area contributed by atoms with E-state index in [0.717, 1.165) is 18.2 Å². The summed E-state index contributed by atoms with van der Waals surface area (Å²) < 4.78 is 22.1. The number of benzene rings is 2. The molecule has 4 rings (SSSR count). The Labute approximate surface area is 233 Å². The van der Waals surface area contributed by atoms with Crippen LogP contribution in [0.3, 0.4) is 0 Å². The van der Waals surface area contributed by atoms with Gasteiger partial charge in [-0.3, -0.25) is 4.79 Å². The Morgan fingerprint density at radius 1 is 0.854 bits per heavy atom. The van der Waals surface area contributed by atoms with Crippen molar-refractivity contribution in [2.45, 2.75) is 68.3 Å². The van der Waals surface area contributed by atoms with Crippen molar-refractivity contribution < 1.29 is 69.7 Å². The summed E-state index contributed by atoms with van der Waals surface area (Å²) in [6, 6.07) is 7.76. The summed E-state index contributed by atoms with van der Waals surface area (Å²) in [7, 11) is 0. The minimum atomic E-state index is -1.89. The summed E-state index contributed by atoms with van der Waals surface area (Å²) in [5.41, 5.74) is 0.133. The monoisotopic (exact) mass is 580 g/mol. The van der Waals surface area contributed by atoms with E-state index in [2.05, 4.69) is 0 Å². The smallest absolute Gasteiger partial charge is 0.229 e. The maximum atomic E-state index is 13.0. The Morgan fingerprint density at radius 2 is 1.51 bits per heavy atom. The molecule has 2 aliphatic rings. The summed E-state index contributed by atoms with van der Waals surface area (Å²) in [5, 5.41) is 91.5. The average Bonchev–Trinajstić information content (AvgIpc) is 2.93. The maximum Gasteiger partial charge on any atom is 0.229 e. The fourth-order valence-corrected chi connectivity index (χ4v) is 4.49. The van der Waals surface area contributed by atoms with Crippen molar-refractivity contribution >= 4 is 11.9 Å². The topological polar surface area (TPSA) is 236 Å². The van der Waals surface area contributed by atoms with E-state index in [0.29, 0.717) is 5.56 Å². The van der Waals surface area contributed by atoms with Gasteiger partial charge >= 0.3 is 0 Å². The number of carbonyl (C=O) groups is 1. The van der Waals surface area contributed by atoms with Crippen molar-refractivity contribution in [1.29, 1.82) is 0 Å². The summed E-state index contributed by atoms with van der Waals surface area (Å²) in [4.78, 5) is 13.0. The Kier molecular flexibility index (Phi) is 9.48. The maximum absolute atomic E-state index is 13.0. The van der Waals surface area contributed by atoms with Crippen LogP contribution in [0.4, 0.5) is 0 Å².